The average Bonchev–Trinajstić information content (AvgIpc) is 3.47. The lowest BCUT2D eigenvalue weighted by Gasteiger charge is -2.18. The molecule has 2 aromatic heterocycles. The Bertz CT molecular complexity index is 1630. The number of pyridine rings is 1. The maximum absolute atomic E-state index is 13.1. The summed E-state index contributed by atoms with van der Waals surface area (Å²) in [5.41, 5.74) is 1.34. The van der Waals surface area contributed by atoms with Crippen LogP contribution in [-0.4, -0.2) is 50.1 Å². The number of halogens is 2. The van der Waals surface area contributed by atoms with Crippen molar-refractivity contribution in [3.63, 3.8) is 0 Å². The largest absolute Gasteiger partial charge is 0.348 e. The van der Waals surface area contributed by atoms with Gasteiger partial charge in [-0.05, 0) is 42.0 Å². The molecule has 212 valence electrons. The molecule has 0 aliphatic carbocycles. The van der Waals surface area contributed by atoms with Crippen molar-refractivity contribution < 1.29 is 22.8 Å². The fraction of sp³-hybridized carbons (Fsp3) is 0.143. The van der Waals surface area contributed by atoms with Gasteiger partial charge in [0.25, 0.3) is 11.8 Å². The van der Waals surface area contributed by atoms with Crippen molar-refractivity contribution in [2.24, 2.45) is 0 Å². The van der Waals surface area contributed by atoms with Gasteiger partial charge in [0.2, 0.25) is 15.8 Å². The van der Waals surface area contributed by atoms with Crippen LogP contribution >= 0.6 is 34.5 Å². The number of hydrogen-bond donors (Lipinski definition) is 3. The number of sulfonamides is 1. The van der Waals surface area contributed by atoms with Crippen LogP contribution in [0.25, 0.3) is 10.6 Å². The number of aromatic nitrogens is 1. The molecule has 0 saturated heterocycles. The van der Waals surface area contributed by atoms with Crippen LogP contribution in [0.15, 0.2) is 89.3 Å². The average molecular weight is 632 g/mol. The highest BCUT2D eigenvalue weighted by Crippen LogP contribution is 2.29. The molecule has 0 fully saturated rings. The molecule has 13 heteroatoms. The first-order chi connectivity index (χ1) is 19.7. The summed E-state index contributed by atoms with van der Waals surface area (Å²) in [4.78, 5) is 43.7. The molecule has 2 aromatic carbocycles. The standard InChI is InChI=1S/C28H24Cl2N4O5S2/c29-19-9-6-10-20(30)25(19)27(36)34-22(17-18-7-2-1-3-8-18)26(35)28(37)32-15-16-33-41(38,39)24-13-12-23(40-24)21-11-4-5-14-31-21/h1-14,22,33H,15-17H2,(H,32,37)(H,34,36)/t22-/m0/s1. The van der Waals surface area contributed by atoms with E-state index in [4.69, 9.17) is 23.2 Å². The SMILES string of the molecule is O=C(NCCNS(=O)(=O)c1ccc(-c2ccccn2)s1)C(=O)[C@H](Cc1ccccc1)NC(=O)c1c(Cl)cccc1Cl. The van der Waals surface area contributed by atoms with Crippen LogP contribution < -0.4 is 15.4 Å². The van der Waals surface area contributed by atoms with Crippen LogP contribution in [0.4, 0.5) is 0 Å². The molecule has 0 radical (unpaired) electrons. The molecule has 4 aromatic rings. The highest BCUT2D eigenvalue weighted by molar-refractivity contribution is 7.91. The van der Waals surface area contributed by atoms with Crippen molar-refractivity contribution in [1.29, 1.82) is 0 Å². The predicted molar refractivity (Wildman–Crippen MR) is 159 cm³/mol. The van der Waals surface area contributed by atoms with Crippen LogP contribution in [0, 0.1) is 0 Å². The Morgan fingerprint density at radius 3 is 2.24 bits per heavy atom. The van der Waals surface area contributed by atoms with E-state index in [1.807, 2.05) is 0 Å². The Labute approximate surface area is 251 Å². The minimum absolute atomic E-state index is 0.0173. The van der Waals surface area contributed by atoms with Crippen molar-refractivity contribution >= 4 is 62.2 Å². The zero-order chi connectivity index (χ0) is 29.4. The highest BCUT2D eigenvalue weighted by Gasteiger charge is 2.29. The van der Waals surface area contributed by atoms with Gasteiger partial charge in [-0.25, -0.2) is 13.1 Å². The molecule has 41 heavy (non-hydrogen) atoms. The second-order valence-corrected chi connectivity index (χ2v) is 12.6. The first kappa shape index (κ1) is 30.4. The van der Waals surface area contributed by atoms with Gasteiger partial charge in [-0.2, -0.15) is 0 Å². The lowest BCUT2D eigenvalue weighted by atomic mass is 10.0. The molecular formula is C28H24Cl2N4O5S2. The van der Waals surface area contributed by atoms with E-state index in [-0.39, 0.29) is 39.3 Å². The van der Waals surface area contributed by atoms with Gasteiger partial charge in [0.15, 0.2) is 0 Å². The Morgan fingerprint density at radius 2 is 1.56 bits per heavy atom. The normalized spacial score (nSPS) is 12.0. The van der Waals surface area contributed by atoms with Crippen molar-refractivity contribution in [3.05, 3.63) is 106 Å². The molecule has 0 aliphatic heterocycles. The molecule has 2 amide bonds. The fourth-order valence-electron chi connectivity index (χ4n) is 3.79. The van der Waals surface area contributed by atoms with E-state index in [0.29, 0.717) is 16.1 Å². The van der Waals surface area contributed by atoms with Gasteiger partial charge >= 0.3 is 0 Å². The molecule has 0 aliphatic rings. The molecule has 2 heterocycles. The number of carbonyl (C=O) groups excluding carboxylic acids is 3. The molecule has 9 nitrogen and oxygen atoms in total. The maximum Gasteiger partial charge on any atom is 0.289 e. The maximum atomic E-state index is 13.1. The summed E-state index contributed by atoms with van der Waals surface area (Å²) in [7, 11) is -3.85. The monoisotopic (exact) mass is 630 g/mol. The summed E-state index contributed by atoms with van der Waals surface area (Å²) < 4.78 is 27.9. The van der Waals surface area contributed by atoms with Gasteiger partial charge in [-0.15, -0.1) is 11.3 Å². The molecule has 1 atom stereocenters. The zero-order valence-electron chi connectivity index (χ0n) is 21.3. The molecule has 0 saturated carbocycles. The number of thiophene rings is 1. The predicted octanol–water partition coefficient (Wildman–Crippen LogP) is 4.12. The number of nitrogens with one attached hydrogen (secondary N) is 3. The summed E-state index contributed by atoms with van der Waals surface area (Å²) in [5.74, 6) is -2.60. The van der Waals surface area contributed by atoms with Crippen molar-refractivity contribution in [2.75, 3.05) is 13.1 Å². The van der Waals surface area contributed by atoms with Crippen LogP contribution in [0.5, 0.6) is 0 Å². The number of amides is 2. The number of Topliss-reactive ketones (excluding diaryl/α,β-unsaturated/α-hetero) is 1. The summed E-state index contributed by atoms with van der Waals surface area (Å²) in [6, 6.07) is 20.6. The lowest BCUT2D eigenvalue weighted by Crippen LogP contribution is -2.49. The Hall–Kier alpha value is -3.61. The number of carbonyl (C=O) groups is 3. The molecular weight excluding hydrogens is 607 g/mol. The minimum Gasteiger partial charge on any atom is -0.348 e. The number of nitrogens with zero attached hydrogens (tertiary/aromatic N) is 1. The van der Waals surface area contributed by atoms with E-state index in [1.165, 1.54) is 18.2 Å². The second-order valence-electron chi connectivity index (χ2n) is 8.66. The minimum atomic E-state index is -3.85. The summed E-state index contributed by atoms with van der Waals surface area (Å²) in [6.07, 6.45) is 1.65. The fourth-order valence-corrected chi connectivity index (χ4v) is 6.72. The number of benzene rings is 2. The van der Waals surface area contributed by atoms with Gasteiger partial charge in [0.05, 0.1) is 26.2 Å². The quantitative estimate of drug-likeness (QED) is 0.159. The van der Waals surface area contributed by atoms with E-state index in [2.05, 4.69) is 20.3 Å². The molecule has 0 unspecified atom stereocenters. The smallest absolute Gasteiger partial charge is 0.289 e. The Balaban J connectivity index is 1.37. The summed E-state index contributed by atoms with van der Waals surface area (Å²) in [5, 5.41) is 5.16. The summed E-state index contributed by atoms with van der Waals surface area (Å²) >= 11 is 13.3. The van der Waals surface area contributed by atoms with Gasteiger partial charge in [0, 0.05) is 25.7 Å². The first-order valence-corrected chi connectivity index (χ1v) is 15.3. The van der Waals surface area contributed by atoms with E-state index in [9.17, 15) is 22.8 Å². The Kier molecular flexibility index (Phi) is 10.2. The topological polar surface area (TPSA) is 134 Å². The molecule has 0 bridgehead atoms. The zero-order valence-corrected chi connectivity index (χ0v) is 24.5. The highest BCUT2D eigenvalue weighted by atomic mass is 35.5. The number of ketones is 1. The first-order valence-electron chi connectivity index (χ1n) is 12.3. The van der Waals surface area contributed by atoms with Crippen LogP contribution in [-0.2, 0) is 26.0 Å². The van der Waals surface area contributed by atoms with Gasteiger partial charge in [-0.3, -0.25) is 19.4 Å². The third-order valence-corrected chi connectivity index (χ3v) is 9.47. The number of rotatable bonds is 12. The molecule has 0 spiro atoms. The van der Waals surface area contributed by atoms with Gasteiger partial charge in [-0.1, -0.05) is 65.7 Å². The van der Waals surface area contributed by atoms with E-state index in [1.54, 1.807) is 66.9 Å². The summed E-state index contributed by atoms with van der Waals surface area (Å²) in [6.45, 7) is -0.326. The van der Waals surface area contributed by atoms with E-state index < -0.39 is 33.7 Å². The third kappa shape index (κ3) is 7.99. The van der Waals surface area contributed by atoms with E-state index in [0.717, 1.165) is 11.3 Å². The van der Waals surface area contributed by atoms with Crippen molar-refractivity contribution in [2.45, 2.75) is 16.7 Å². The van der Waals surface area contributed by atoms with Crippen LogP contribution in [0.2, 0.25) is 10.0 Å². The van der Waals surface area contributed by atoms with Crippen molar-refractivity contribution in [3.8, 4) is 10.6 Å². The van der Waals surface area contributed by atoms with Crippen molar-refractivity contribution in [1.82, 2.24) is 20.3 Å². The second kappa shape index (κ2) is 13.8. The lowest BCUT2D eigenvalue weighted by molar-refractivity contribution is -0.138. The third-order valence-electron chi connectivity index (χ3n) is 5.78. The molecule has 4 rings (SSSR count). The number of hydrogen-bond acceptors (Lipinski definition) is 7. The van der Waals surface area contributed by atoms with Gasteiger partial charge in [0.1, 0.15) is 10.3 Å². The van der Waals surface area contributed by atoms with Gasteiger partial charge < -0.3 is 10.6 Å². The Morgan fingerprint density at radius 1 is 0.854 bits per heavy atom. The molecule has 3 N–H and O–H groups in total. The van der Waals surface area contributed by atoms with E-state index >= 15 is 0 Å². The van der Waals surface area contributed by atoms with Crippen LogP contribution in [0.1, 0.15) is 15.9 Å². The van der Waals surface area contributed by atoms with Crippen LogP contribution in [0.3, 0.4) is 0 Å².